The molecule has 1 aromatic heterocycles. The van der Waals surface area contributed by atoms with Gasteiger partial charge in [0, 0.05) is 43.7 Å². The molecule has 1 unspecified atom stereocenters. The molecule has 15 heteroatoms. The Balaban J connectivity index is 1.58. The first-order chi connectivity index (χ1) is 21.5. The van der Waals surface area contributed by atoms with E-state index in [1.807, 2.05) is 6.92 Å². The molecule has 3 amide bonds. The van der Waals surface area contributed by atoms with Crippen molar-refractivity contribution in [2.75, 3.05) is 39.4 Å². The zero-order valence-corrected chi connectivity index (χ0v) is 26.3. The van der Waals surface area contributed by atoms with Crippen molar-refractivity contribution in [3.63, 3.8) is 0 Å². The number of nitrogens with one attached hydrogen (secondary N) is 1. The number of carboxylic acids is 1. The van der Waals surface area contributed by atoms with Gasteiger partial charge in [0.1, 0.15) is 6.04 Å². The molecule has 1 aliphatic heterocycles. The second-order valence-corrected chi connectivity index (χ2v) is 11.3. The Bertz CT molecular complexity index is 1430. The number of carbonyl (C=O) groups is 5. The fraction of sp³-hybridized carbons (Fsp3) is 0.533. The summed E-state index contributed by atoms with van der Waals surface area (Å²) in [5, 5.41) is 16.8. The summed E-state index contributed by atoms with van der Waals surface area (Å²) in [5.41, 5.74) is -0.0732. The van der Waals surface area contributed by atoms with Gasteiger partial charge in [0.2, 0.25) is 17.4 Å². The Morgan fingerprint density at radius 2 is 1.69 bits per heavy atom. The van der Waals surface area contributed by atoms with E-state index >= 15 is 0 Å². The Kier molecular flexibility index (Phi) is 10.9. The molecule has 2 heterocycles. The lowest BCUT2D eigenvalue weighted by Crippen LogP contribution is -2.56. The van der Waals surface area contributed by atoms with E-state index < -0.39 is 41.5 Å². The Hall–Kier alpha value is -4.33. The molecule has 14 nitrogen and oxygen atoms in total. The number of hydrogen-bond donors (Lipinski definition) is 2. The molecule has 2 fully saturated rings. The highest BCUT2D eigenvalue weighted by Gasteiger charge is 2.49. The maximum Gasteiger partial charge on any atom is 0.409 e. The van der Waals surface area contributed by atoms with Crippen molar-refractivity contribution in [2.45, 2.75) is 64.5 Å². The van der Waals surface area contributed by atoms with Crippen LogP contribution in [-0.2, 0) is 23.9 Å². The summed E-state index contributed by atoms with van der Waals surface area (Å²) in [6.45, 7) is 6.48. The van der Waals surface area contributed by atoms with Crippen LogP contribution in [0.1, 0.15) is 62.0 Å². The maximum atomic E-state index is 13.6. The van der Waals surface area contributed by atoms with Gasteiger partial charge < -0.3 is 34.4 Å². The zero-order valence-electron chi connectivity index (χ0n) is 25.5. The number of aromatic nitrogens is 2. The quantitative estimate of drug-likeness (QED) is 0.327. The SMILES string of the molecule is CCOC(=O)N1CCN(C(=O)C(CCC(=O)O)NC(=O)c2cc(OC3(C(=O)OCC)CCC3)n(-c3ccc(C)c(Cl)c3)n2)CC1. The number of carboxylic acid groups (broad SMARTS) is 1. The minimum Gasteiger partial charge on any atom is -0.481 e. The van der Waals surface area contributed by atoms with Crippen molar-refractivity contribution in [3.05, 3.63) is 40.5 Å². The molecule has 4 rings (SSSR count). The summed E-state index contributed by atoms with van der Waals surface area (Å²) in [6, 6.07) is 5.33. The number of aryl methyl sites for hydroxylation is 1. The third-order valence-electron chi connectivity index (χ3n) is 7.79. The van der Waals surface area contributed by atoms with Crippen molar-refractivity contribution < 1.29 is 43.3 Å². The van der Waals surface area contributed by atoms with Gasteiger partial charge in [-0.2, -0.15) is 5.10 Å². The fourth-order valence-corrected chi connectivity index (χ4v) is 5.23. The number of piperazine rings is 1. The monoisotopic (exact) mass is 647 g/mol. The zero-order chi connectivity index (χ0) is 32.7. The lowest BCUT2D eigenvalue weighted by molar-refractivity contribution is -0.170. The molecule has 1 atom stereocenters. The van der Waals surface area contributed by atoms with Crippen LogP contribution in [0.15, 0.2) is 24.3 Å². The molecule has 0 radical (unpaired) electrons. The van der Waals surface area contributed by atoms with Crippen LogP contribution in [0.4, 0.5) is 4.79 Å². The molecule has 2 aromatic rings. The van der Waals surface area contributed by atoms with E-state index in [2.05, 4.69) is 10.4 Å². The first-order valence-corrected chi connectivity index (χ1v) is 15.3. The number of amides is 3. The molecule has 244 valence electrons. The van der Waals surface area contributed by atoms with Gasteiger partial charge in [0.05, 0.1) is 18.9 Å². The van der Waals surface area contributed by atoms with Crippen LogP contribution >= 0.6 is 11.6 Å². The standard InChI is InChI=1S/C30H38ClN5O9/c1-4-43-28(41)30(11-6-12-30)45-24-18-23(33-36(24)20-8-7-19(3)21(31)17-20)26(39)32-22(9-10-25(37)38)27(40)34-13-15-35(16-14-34)29(42)44-5-2/h7-8,17-18,22H,4-6,9-16H2,1-3H3,(H,32,39)(H,37,38). The van der Waals surface area contributed by atoms with Gasteiger partial charge in [-0.3, -0.25) is 14.4 Å². The Morgan fingerprint density at radius 3 is 2.27 bits per heavy atom. The number of carbonyl (C=O) groups excluding carboxylic acids is 4. The summed E-state index contributed by atoms with van der Waals surface area (Å²) >= 11 is 6.37. The number of nitrogens with zero attached hydrogens (tertiary/aromatic N) is 4. The lowest BCUT2D eigenvalue weighted by Gasteiger charge is -2.38. The molecule has 2 aliphatic rings. The first-order valence-electron chi connectivity index (χ1n) is 14.9. The highest BCUT2D eigenvalue weighted by atomic mass is 35.5. The molecule has 0 spiro atoms. The molecule has 2 N–H and O–H groups in total. The molecule has 1 aromatic carbocycles. The number of hydrogen-bond acceptors (Lipinski definition) is 9. The van der Waals surface area contributed by atoms with Crippen LogP contribution < -0.4 is 10.1 Å². The van der Waals surface area contributed by atoms with E-state index in [4.69, 9.17) is 25.8 Å². The van der Waals surface area contributed by atoms with E-state index in [1.54, 1.807) is 32.0 Å². The number of benzene rings is 1. The van der Waals surface area contributed by atoms with E-state index in [1.165, 1.54) is 20.5 Å². The molecule has 1 saturated heterocycles. The van der Waals surface area contributed by atoms with Gasteiger partial charge in [0.25, 0.3) is 5.91 Å². The average molecular weight is 648 g/mol. The summed E-state index contributed by atoms with van der Waals surface area (Å²) in [6.07, 6.45) is 0.576. The minimum absolute atomic E-state index is 0.0938. The van der Waals surface area contributed by atoms with Crippen molar-refractivity contribution in [3.8, 4) is 11.6 Å². The topological polar surface area (TPSA) is 170 Å². The van der Waals surface area contributed by atoms with E-state index in [-0.39, 0.29) is 63.8 Å². The summed E-state index contributed by atoms with van der Waals surface area (Å²) in [5.74, 6) is -2.78. The summed E-state index contributed by atoms with van der Waals surface area (Å²) < 4.78 is 17.8. The largest absolute Gasteiger partial charge is 0.481 e. The number of aliphatic carboxylic acids is 1. The van der Waals surface area contributed by atoms with Crippen molar-refractivity contribution in [1.82, 2.24) is 24.9 Å². The average Bonchev–Trinajstić information content (AvgIpc) is 3.42. The van der Waals surface area contributed by atoms with Crippen LogP contribution in [0, 0.1) is 6.92 Å². The van der Waals surface area contributed by atoms with Crippen LogP contribution in [0.2, 0.25) is 5.02 Å². The van der Waals surface area contributed by atoms with Crippen LogP contribution in [0.25, 0.3) is 5.69 Å². The predicted octanol–water partition coefficient (Wildman–Crippen LogP) is 2.96. The third kappa shape index (κ3) is 7.85. The van der Waals surface area contributed by atoms with Crippen molar-refractivity contribution in [2.24, 2.45) is 0 Å². The second-order valence-electron chi connectivity index (χ2n) is 10.9. The maximum absolute atomic E-state index is 13.6. The molecule has 0 bridgehead atoms. The molecular weight excluding hydrogens is 610 g/mol. The second kappa shape index (κ2) is 14.6. The van der Waals surface area contributed by atoms with Gasteiger partial charge >= 0.3 is 18.0 Å². The number of esters is 1. The van der Waals surface area contributed by atoms with E-state index in [9.17, 15) is 29.1 Å². The van der Waals surface area contributed by atoms with Gasteiger partial charge in [-0.25, -0.2) is 14.3 Å². The predicted molar refractivity (Wildman–Crippen MR) is 160 cm³/mol. The van der Waals surface area contributed by atoms with Crippen molar-refractivity contribution >= 4 is 41.4 Å². The Labute approximate surface area is 265 Å². The highest BCUT2D eigenvalue weighted by Crippen LogP contribution is 2.39. The summed E-state index contributed by atoms with van der Waals surface area (Å²) in [4.78, 5) is 66.3. The van der Waals surface area contributed by atoms with Crippen molar-refractivity contribution in [1.29, 1.82) is 0 Å². The molecule has 1 aliphatic carbocycles. The smallest absolute Gasteiger partial charge is 0.409 e. The molecular formula is C30H38ClN5O9. The van der Waals surface area contributed by atoms with Gasteiger partial charge in [0.15, 0.2) is 5.69 Å². The first kappa shape index (κ1) is 33.6. The number of ether oxygens (including phenoxy) is 3. The minimum atomic E-state index is -1.23. The van der Waals surface area contributed by atoms with E-state index in [0.717, 1.165) is 12.0 Å². The van der Waals surface area contributed by atoms with Gasteiger partial charge in [-0.15, -0.1) is 0 Å². The molecule has 45 heavy (non-hydrogen) atoms. The number of rotatable bonds is 12. The lowest BCUT2D eigenvalue weighted by atomic mass is 9.80. The van der Waals surface area contributed by atoms with Gasteiger partial charge in [-0.05, 0) is 64.2 Å². The fourth-order valence-electron chi connectivity index (χ4n) is 5.06. The Morgan fingerprint density at radius 1 is 1.02 bits per heavy atom. The third-order valence-corrected chi connectivity index (χ3v) is 8.19. The normalized spacial score (nSPS) is 16.3. The highest BCUT2D eigenvalue weighted by molar-refractivity contribution is 6.31. The van der Waals surface area contributed by atoms with Crippen LogP contribution in [0.5, 0.6) is 5.88 Å². The summed E-state index contributed by atoms with van der Waals surface area (Å²) in [7, 11) is 0. The van der Waals surface area contributed by atoms with Crippen LogP contribution in [-0.4, -0.2) is 106 Å². The van der Waals surface area contributed by atoms with Crippen LogP contribution in [0.3, 0.4) is 0 Å². The van der Waals surface area contributed by atoms with E-state index in [0.29, 0.717) is 23.6 Å². The molecule has 1 saturated carbocycles. The van der Waals surface area contributed by atoms with Gasteiger partial charge in [-0.1, -0.05) is 17.7 Å². The number of halogens is 1.